The average molecular weight is 298 g/mol. The zero-order valence-corrected chi connectivity index (χ0v) is 12.5. The zero-order chi connectivity index (χ0) is 15.2. The first kappa shape index (κ1) is 16.2. The summed E-state index contributed by atoms with van der Waals surface area (Å²) in [4.78, 5) is 13.2. The van der Waals surface area contributed by atoms with Crippen LogP contribution in [0.1, 0.15) is 25.3 Å². The van der Waals surface area contributed by atoms with Crippen LogP contribution in [0.5, 0.6) is 0 Å². The van der Waals surface area contributed by atoms with E-state index in [1.807, 2.05) is 6.92 Å². The molecule has 0 unspecified atom stereocenters. The molecule has 6 nitrogen and oxygen atoms in total. The lowest BCUT2D eigenvalue weighted by molar-refractivity contribution is -0.140. The van der Waals surface area contributed by atoms with Gasteiger partial charge in [0, 0.05) is 5.71 Å². The number of carbonyl (C=O) groups is 1. The molecule has 0 saturated carbocycles. The largest absolute Gasteiger partial charge is 0.469 e. The molecule has 1 rings (SSSR count). The summed E-state index contributed by atoms with van der Waals surface area (Å²) in [7, 11) is -2.37. The Balaban J connectivity index is 2.67. The molecule has 0 aliphatic heterocycles. The number of carbonyl (C=O) groups excluding carboxylic acids is 1. The van der Waals surface area contributed by atoms with E-state index in [4.69, 9.17) is 0 Å². The number of hydrogen-bond acceptors (Lipinski definition) is 5. The van der Waals surface area contributed by atoms with Gasteiger partial charge in [-0.3, -0.25) is 4.79 Å². The van der Waals surface area contributed by atoms with Crippen molar-refractivity contribution in [1.29, 1.82) is 0 Å². The number of hydrazone groups is 1. The summed E-state index contributed by atoms with van der Waals surface area (Å²) in [5, 5.41) is 3.77. The zero-order valence-electron chi connectivity index (χ0n) is 11.7. The smallest absolute Gasteiger partial charge is 0.305 e. The number of benzene rings is 1. The van der Waals surface area contributed by atoms with Gasteiger partial charge in [0.15, 0.2) is 0 Å². The number of nitrogens with one attached hydrogen (secondary N) is 1. The van der Waals surface area contributed by atoms with E-state index in [1.54, 1.807) is 19.1 Å². The van der Waals surface area contributed by atoms with Crippen molar-refractivity contribution in [3.8, 4) is 0 Å². The van der Waals surface area contributed by atoms with E-state index in [0.29, 0.717) is 12.1 Å². The summed E-state index contributed by atoms with van der Waals surface area (Å²) in [5.74, 6) is -0.360. The Morgan fingerprint density at radius 3 is 2.40 bits per heavy atom. The van der Waals surface area contributed by atoms with Crippen LogP contribution >= 0.6 is 0 Å². The number of aryl methyl sites for hydroxylation is 1. The molecule has 0 bridgehead atoms. The Morgan fingerprint density at radius 1 is 1.25 bits per heavy atom. The molecule has 0 aliphatic rings. The predicted molar refractivity (Wildman–Crippen MR) is 75.9 cm³/mol. The molecule has 7 heteroatoms. The Bertz CT molecular complexity index is 591. The predicted octanol–water partition coefficient (Wildman–Crippen LogP) is 1.60. The van der Waals surface area contributed by atoms with Crippen molar-refractivity contribution in [3.05, 3.63) is 29.8 Å². The van der Waals surface area contributed by atoms with Crippen molar-refractivity contribution in [2.75, 3.05) is 7.11 Å². The molecule has 0 saturated heterocycles. The minimum atomic E-state index is -3.67. The molecule has 0 spiro atoms. The topological polar surface area (TPSA) is 84.8 Å². The molecule has 0 fully saturated rings. The van der Waals surface area contributed by atoms with Crippen LogP contribution in [0.2, 0.25) is 0 Å². The number of ether oxygens (including phenoxy) is 1. The Morgan fingerprint density at radius 2 is 1.85 bits per heavy atom. The Kier molecular flexibility index (Phi) is 5.69. The van der Waals surface area contributed by atoms with E-state index in [-0.39, 0.29) is 17.3 Å². The quantitative estimate of drug-likeness (QED) is 0.491. The van der Waals surface area contributed by atoms with Crippen LogP contribution in [0.25, 0.3) is 0 Å². The number of nitrogens with zero attached hydrogens (tertiary/aromatic N) is 1. The summed E-state index contributed by atoms with van der Waals surface area (Å²) >= 11 is 0. The Hall–Kier alpha value is -1.89. The lowest BCUT2D eigenvalue weighted by Crippen LogP contribution is -2.20. The number of esters is 1. The van der Waals surface area contributed by atoms with Crippen LogP contribution in [0, 0.1) is 6.92 Å². The fraction of sp³-hybridized carbons (Fsp3) is 0.385. The van der Waals surface area contributed by atoms with E-state index in [2.05, 4.69) is 14.7 Å². The van der Waals surface area contributed by atoms with Gasteiger partial charge in [-0.1, -0.05) is 17.7 Å². The first-order valence-electron chi connectivity index (χ1n) is 6.03. The lowest BCUT2D eigenvalue weighted by atomic mass is 10.2. The first-order chi connectivity index (χ1) is 9.35. The molecule has 1 aromatic rings. The van der Waals surface area contributed by atoms with Crippen LogP contribution < -0.4 is 4.83 Å². The molecule has 0 aliphatic carbocycles. The lowest BCUT2D eigenvalue weighted by Gasteiger charge is -2.05. The number of methoxy groups -OCH3 is 1. The van der Waals surface area contributed by atoms with E-state index >= 15 is 0 Å². The van der Waals surface area contributed by atoms with Gasteiger partial charge < -0.3 is 4.74 Å². The van der Waals surface area contributed by atoms with Crippen molar-refractivity contribution in [2.45, 2.75) is 31.6 Å². The molecule has 20 heavy (non-hydrogen) atoms. The fourth-order valence-corrected chi connectivity index (χ4v) is 2.22. The van der Waals surface area contributed by atoms with Crippen molar-refractivity contribution in [3.63, 3.8) is 0 Å². The van der Waals surface area contributed by atoms with Crippen molar-refractivity contribution < 1.29 is 17.9 Å². The highest BCUT2D eigenvalue weighted by Crippen LogP contribution is 2.09. The van der Waals surface area contributed by atoms with Crippen LogP contribution in [-0.4, -0.2) is 27.2 Å². The third kappa shape index (κ3) is 5.00. The normalized spacial score (nSPS) is 12.1. The average Bonchev–Trinajstić information content (AvgIpc) is 2.43. The van der Waals surface area contributed by atoms with Crippen LogP contribution in [0.4, 0.5) is 0 Å². The van der Waals surface area contributed by atoms with E-state index in [9.17, 15) is 13.2 Å². The van der Waals surface area contributed by atoms with Gasteiger partial charge in [0.1, 0.15) is 0 Å². The summed E-state index contributed by atoms with van der Waals surface area (Å²) in [6, 6.07) is 6.44. The minimum absolute atomic E-state index is 0.146. The maximum Gasteiger partial charge on any atom is 0.305 e. The fourth-order valence-electron chi connectivity index (χ4n) is 1.35. The summed E-state index contributed by atoms with van der Waals surface area (Å²) in [6.45, 7) is 3.51. The third-order valence-electron chi connectivity index (χ3n) is 2.61. The van der Waals surface area contributed by atoms with E-state index < -0.39 is 10.0 Å². The molecule has 1 N–H and O–H groups in total. The van der Waals surface area contributed by atoms with E-state index in [0.717, 1.165) is 5.56 Å². The minimum Gasteiger partial charge on any atom is -0.469 e. The van der Waals surface area contributed by atoms with Crippen LogP contribution in [-0.2, 0) is 19.6 Å². The molecule has 1 aromatic carbocycles. The molecule has 0 amide bonds. The molecular formula is C13H18N2O4S. The van der Waals surface area contributed by atoms with Gasteiger partial charge in [0.05, 0.1) is 18.4 Å². The van der Waals surface area contributed by atoms with Crippen LogP contribution in [0.3, 0.4) is 0 Å². The Labute approximate surface area is 118 Å². The molecule has 110 valence electrons. The van der Waals surface area contributed by atoms with Gasteiger partial charge in [0.2, 0.25) is 0 Å². The van der Waals surface area contributed by atoms with Crippen molar-refractivity contribution in [1.82, 2.24) is 4.83 Å². The highest BCUT2D eigenvalue weighted by Gasteiger charge is 2.12. The number of hydrogen-bond donors (Lipinski definition) is 1. The summed E-state index contributed by atoms with van der Waals surface area (Å²) in [6.07, 6.45) is 0.501. The monoisotopic (exact) mass is 298 g/mol. The first-order valence-corrected chi connectivity index (χ1v) is 7.52. The third-order valence-corrected chi connectivity index (χ3v) is 3.83. The maximum absolute atomic E-state index is 11.9. The number of sulfonamides is 1. The maximum atomic E-state index is 11.9. The van der Waals surface area contributed by atoms with Gasteiger partial charge >= 0.3 is 5.97 Å². The standard InChI is InChI=1S/C13H18N2O4S/c1-10-4-7-12(8-5-10)20(17,18)15-14-11(2)6-9-13(16)19-3/h4-5,7-8,15H,6,9H2,1-3H3/b14-11+. The molecule has 0 radical (unpaired) electrons. The van der Waals surface area contributed by atoms with Gasteiger partial charge in [-0.15, -0.1) is 0 Å². The molecule has 0 aromatic heterocycles. The van der Waals surface area contributed by atoms with Gasteiger partial charge in [0.25, 0.3) is 10.0 Å². The molecular weight excluding hydrogens is 280 g/mol. The molecule has 0 heterocycles. The van der Waals surface area contributed by atoms with Crippen molar-refractivity contribution in [2.24, 2.45) is 5.10 Å². The highest BCUT2D eigenvalue weighted by atomic mass is 32.2. The van der Waals surface area contributed by atoms with Crippen molar-refractivity contribution >= 4 is 21.7 Å². The second kappa shape index (κ2) is 7.04. The van der Waals surface area contributed by atoms with E-state index in [1.165, 1.54) is 19.2 Å². The summed E-state index contributed by atoms with van der Waals surface area (Å²) < 4.78 is 28.4. The van der Waals surface area contributed by atoms with Gasteiger partial charge in [-0.05, 0) is 32.4 Å². The number of rotatable bonds is 6. The molecule has 0 atom stereocenters. The van der Waals surface area contributed by atoms with Gasteiger partial charge in [-0.25, -0.2) is 4.83 Å². The highest BCUT2D eigenvalue weighted by molar-refractivity contribution is 7.89. The second-order valence-electron chi connectivity index (χ2n) is 4.33. The van der Waals surface area contributed by atoms with Gasteiger partial charge in [-0.2, -0.15) is 13.5 Å². The SMILES string of the molecule is COC(=O)CC/C(C)=N/NS(=O)(=O)c1ccc(C)cc1. The van der Waals surface area contributed by atoms with Crippen LogP contribution in [0.15, 0.2) is 34.3 Å². The summed E-state index contributed by atoms with van der Waals surface area (Å²) in [5.41, 5.74) is 1.48. The second-order valence-corrected chi connectivity index (χ2v) is 5.99.